The Kier molecular flexibility index (Phi) is 5.29. The second kappa shape index (κ2) is 7.41. The minimum Gasteiger partial charge on any atom is -0.396 e. The summed E-state index contributed by atoms with van der Waals surface area (Å²) >= 11 is 0. The molecule has 3 nitrogen and oxygen atoms in total. The number of rotatable bonds is 7. The first-order chi connectivity index (χ1) is 11.2. The molecule has 1 aromatic carbocycles. The molecule has 2 aliphatic rings. The topological polar surface area (TPSA) is 46.5 Å². The van der Waals surface area contributed by atoms with E-state index in [1.807, 2.05) is 37.3 Å². The van der Waals surface area contributed by atoms with Crippen LogP contribution in [0.15, 0.2) is 41.5 Å². The number of ether oxygens (including phenoxy) is 1. The highest BCUT2D eigenvalue weighted by molar-refractivity contribution is 6.01. The zero-order valence-corrected chi connectivity index (χ0v) is 13.8. The van der Waals surface area contributed by atoms with Crippen molar-refractivity contribution in [2.45, 2.75) is 39.2 Å². The van der Waals surface area contributed by atoms with Crippen molar-refractivity contribution in [2.75, 3.05) is 13.2 Å². The van der Waals surface area contributed by atoms with Gasteiger partial charge in [-0.25, -0.2) is 0 Å². The largest absolute Gasteiger partial charge is 0.396 e. The Bertz CT molecular complexity index is 576. The van der Waals surface area contributed by atoms with Gasteiger partial charge in [0.25, 0.3) is 0 Å². The number of Topliss-reactive ketones (excluding diaryl/α,β-unsaturated/α-hetero) is 1. The van der Waals surface area contributed by atoms with Crippen molar-refractivity contribution in [3.8, 4) is 0 Å². The van der Waals surface area contributed by atoms with Gasteiger partial charge >= 0.3 is 0 Å². The van der Waals surface area contributed by atoms with Crippen molar-refractivity contribution in [1.29, 1.82) is 0 Å². The number of aliphatic hydroxyl groups is 1. The monoisotopic (exact) mass is 314 g/mol. The number of carbonyl (C=O) groups excluding carboxylic acids is 1. The van der Waals surface area contributed by atoms with Gasteiger partial charge in [0, 0.05) is 6.61 Å². The van der Waals surface area contributed by atoms with Crippen molar-refractivity contribution in [2.24, 2.45) is 17.8 Å². The van der Waals surface area contributed by atoms with E-state index in [1.54, 1.807) is 0 Å². The molecule has 1 aromatic rings. The molecular weight excluding hydrogens is 288 g/mol. The lowest BCUT2D eigenvalue weighted by atomic mass is 9.82. The Labute approximate surface area is 138 Å². The van der Waals surface area contributed by atoms with Gasteiger partial charge in [0.2, 0.25) is 0 Å². The maximum Gasteiger partial charge on any atom is 0.164 e. The second-order valence-electron chi connectivity index (χ2n) is 6.81. The third-order valence-corrected chi connectivity index (χ3v) is 5.46. The number of benzene rings is 1. The molecule has 1 N–H and O–H groups in total. The van der Waals surface area contributed by atoms with Crippen LogP contribution in [0.4, 0.5) is 0 Å². The molecule has 3 atom stereocenters. The summed E-state index contributed by atoms with van der Waals surface area (Å²) in [5.74, 6) is 1.15. The molecule has 0 unspecified atom stereocenters. The first-order valence-electron chi connectivity index (χ1n) is 8.68. The molecule has 0 radical (unpaired) electrons. The van der Waals surface area contributed by atoms with Crippen LogP contribution >= 0.6 is 0 Å². The minimum atomic E-state index is -0.0140. The maximum absolute atomic E-state index is 12.6. The second-order valence-corrected chi connectivity index (χ2v) is 6.81. The first kappa shape index (κ1) is 16.4. The molecular formula is C20H26O3. The van der Waals surface area contributed by atoms with E-state index in [4.69, 9.17) is 9.84 Å². The van der Waals surface area contributed by atoms with Crippen LogP contribution in [-0.4, -0.2) is 24.1 Å². The van der Waals surface area contributed by atoms with Crippen LogP contribution in [0.5, 0.6) is 0 Å². The van der Waals surface area contributed by atoms with Crippen LogP contribution in [0.3, 0.4) is 0 Å². The van der Waals surface area contributed by atoms with E-state index in [1.165, 1.54) is 5.57 Å². The van der Waals surface area contributed by atoms with Crippen molar-refractivity contribution >= 4 is 5.78 Å². The number of allylic oxidation sites excluding steroid dienone is 2. The molecule has 1 saturated carbocycles. The van der Waals surface area contributed by atoms with E-state index in [0.29, 0.717) is 25.0 Å². The van der Waals surface area contributed by atoms with Crippen LogP contribution < -0.4 is 0 Å². The van der Waals surface area contributed by atoms with Crippen molar-refractivity contribution in [3.05, 3.63) is 47.0 Å². The van der Waals surface area contributed by atoms with Gasteiger partial charge in [0.1, 0.15) is 0 Å². The molecule has 2 aliphatic carbocycles. The summed E-state index contributed by atoms with van der Waals surface area (Å²) in [6, 6.07) is 10.1. The zero-order valence-electron chi connectivity index (χ0n) is 13.8. The lowest BCUT2D eigenvalue weighted by Gasteiger charge is -2.24. The molecule has 0 heterocycles. The standard InChI is InChI=1S/C20H26O3/c1-14-17-10-9-16(8-5-11-21)19(17)18(20(14)22)13-23-12-15-6-3-2-4-7-15/h2-4,6-7,16,18-19,21H,5,8-13H2,1H3/t16-,18-,19+/m1/s1. The summed E-state index contributed by atoms with van der Waals surface area (Å²) < 4.78 is 5.89. The summed E-state index contributed by atoms with van der Waals surface area (Å²) in [6.07, 6.45) is 4.05. The van der Waals surface area contributed by atoms with E-state index in [0.717, 1.165) is 36.8 Å². The lowest BCUT2D eigenvalue weighted by Crippen LogP contribution is -2.26. The zero-order chi connectivity index (χ0) is 16.2. The van der Waals surface area contributed by atoms with Gasteiger partial charge < -0.3 is 9.84 Å². The summed E-state index contributed by atoms with van der Waals surface area (Å²) in [6.45, 7) is 3.29. The molecule has 0 amide bonds. The predicted molar refractivity (Wildman–Crippen MR) is 89.8 cm³/mol. The Morgan fingerprint density at radius 1 is 1.26 bits per heavy atom. The molecule has 3 heteroatoms. The molecule has 0 saturated heterocycles. The van der Waals surface area contributed by atoms with E-state index in [-0.39, 0.29) is 18.3 Å². The normalized spacial score (nSPS) is 26.9. The molecule has 3 rings (SSSR count). The highest BCUT2D eigenvalue weighted by Crippen LogP contribution is 2.50. The number of ketones is 1. The average molecular weight is 314 g/mol. The molecule has 0 aromatic heterocycles. The maximum atomic E-state index is 12.6. The van der Waals surface area contributed by atoms with Crippen LogP contribution in [-0.2, 0) is 16.1 Å². The smallest absolute Gasteiger partial charge is 0.164 e. The number of hydrogen-bond acceptors (Lipinski definition) is 3. The summed E-state index contributed by atoms with van der Waals surface area (Å²) in [5, 5.41) is 9.10. The fourth-order valence-corrected chi connectivity index (χ4v) is 4.31. The van der Waals surface area contributed by atoms with Gasteiger partial charge in [-0.3, -0.25) is 4.79 Å². The lowest BCUT2D eigenvalue weighted by molar-refractivity contribution is -0.122. The summed E-state index contributed by atoms with van der Waals surface area (Å²) in [5.41, 5.74) is 3.49. The number of fused-ring (bicyclic) bond motifs is 1. The van der Waals surface area contributed by atoms with Crippen LogP contribution in [0, 0.1) is 17.8 Å². The van der Waals surface area contributed by atoms with Crippen LogP contribution in [0.1, 0.15) is 38.2 Å². The summed E-state index contributed by atoms with van der Waals surface area (Å²) in [7, 11) is 0. The highest BCUT2D eigenvalue weighted by atomic mass is 16.5. The third-order valence-electron chi connectivity index (χ3n) is 5.46. The Morgan fingerprint density at radius 2 is 2.04 bits per heavy atom. The summed E-state index contributed by atoms with van der Waals surface area (Å²) in [4.78, 5) is 12.6. The molecule has 0 spiro atoms. The fourth-order valence-electron chi connectivity index (χ4n) is 4.31. The van der Waals surface area contributed by atoms with Gasteiger partial charge in [0.15, 0.2) is 5.78 Å². The highest BCUT2D eigenvalue weighted by Gasteiger charge is 2.46. The average Bonchev–Trinajstić information content (AvgIpc) is 3.09. The Hall–Kier alpha value is -1.45. The van der Waals surface area contributed by atoms with Gasteiger partial charge in [0.05, 0.1) is 19.1 Å². The quantitative estimate of drug-likeness (QED) is 0.837. The van der Waals surface area contributed by atoms with Crippen molar-refractivity contribution in [3.63, 3.8) is 0 Å². The molecule has 0 bridgehead atoms. The van der Waals surface area contributed by atoms with E-state index in [2.05, 4.69) is 0 Å². The van der Waals surface area contributed by atoms with Crippen molar-refractivity contribution in [1.82, 2.24) is 0 Å². The number of hydrogen-bond donors (Lipinski definition) is 1. The van der Waals surface area contributed by atoms with E-state index >= 15 is 0 Å². The third kappa shape index (κ3) is 3.41. The van der Waals surface area contributed by atoms with Gasteiger partial charge in [-0.05, 0) is 55.6 Å². The Morgan fingerprint density at radius 3 is 2.78 bits per heavy atom. The van der Waals surface area contributed by atoms with Crippen LogP contribution in [0.2, 0.25) is 0 Å². The molecule has 124 valence electrons. The predicted octanol–water partition coefficient (Wildman–Crippen LogP) is 3.52. The molecule has 1 fully saturated rings. The molecule has 0 aliphatic heterocycles. The Balaban J connectivity index is 1.62. The van der Waals surface area contributed by atoms with E-state index in [9.17, 15) is 4.79 Å². The first-order valence-corrected chi connectivity index (χ1v) is 8.68. The van der Waals surface area contributed by atoms with E-state index < -0.39 is 0 Å². The van der Waals surface area contributed by atoms with Crippen molar-refractivity contribution < 1.29 is 14.6 Å². The van der Waals surface area contributed by atoms with Gasteiger partial charge in [-0.2, -0.15) is 0 Å². The minimum absolute atomic E-state index is 0.0140. The van der Waals surface area contributed by atoms with Crippen LogP contribution in [0.25, 0.3) is 0 Å². The number of aliphatic hydroxyl groups excluding tert-OH is 1. The van der Waals surface area contributed by atoms with Gasteiger partial charge in [-0.15, -0.1) is 0 Å². The number of carbonyl (C=O) groups is 1. The molecule has 23 heavy (non-hydrogen) atoms. The van der Waals surface area contributed by atoms with Gasteiger partial charge in [-0.1, -0.05) is 35.9 Å². The SMILES string of the molecule is CC1=C2CC[C@@H](CCCO)[C@@H]2[C@@H](COCc2ccccc2)C1=O. The fraction of sp³-hybridized carbons (Fsp3) is 0.550.